The first-order chi connectivity index (χ1) is 13.0. The molecule has 0 unspecified atom stereocenters. The second-order valence-corrected chi connectivity index (χ2v) is 7.51. The zero-order valence-electron chi connectivity index (χ0n) is 14.8. The fraction of sp³-hybridized carbons (Fsp3) is 0.526. The average molecular weight is 393 g/mol. The zero-order valence-corrected chi connectivity index (χ0v) is 15.6. The monoisotopic (exact) mass is 392 g/mol. The molecule has 2 heterocycles. The summed E-state index contributed by atoms with van der Waals surface area (Å²) >= 11 is 6.19. The highest BCUT2D eigenvalue weighted by Gasteiger charge is 2.47. The maximum atomic E-state index is 12.5. The SMILES string of the molecule is O=C(CCN1C(=O)[C@H]2CCCC[C@H]2C1=O)Nc1cc2c(cc1Cl)OCCO2. The molecule has 2 atom stereocenters. The summed E-state index contributed by atoms with van der Waals surface area (Å²) < 4.78 is 10.9. The van der Waals surface area contributed by atoms with Crippen molar-refractivity contribution in [2.45, 2.75) is 32.1 Å². The molecule has 0 bridgehead atoms. The van der Waals surface area contributed by atoms with Crippen LogP contribution in [0.1, 0.15) is 32.1 Å². The number of likely N-dealkylation sites (tertiary alicyclic amines) is 1. The Morgan fingerprint density at radius 1 is 1.07 bits per heavy atom. The van der Waals surface area contributed by atoms with E-state index in [-0.39, 0.29) is 42.5 Å². The van der Waals surface area contributed by atoms with Crippen molar-refractivity contribution in [2.24, 2.45) is 11.8 Å². The number of nitrogens with one attached hydrogen (secondary N) is 1. The second-order valence-electron chi connectivity index (χ2n) is 7.10. The van der Waals surface area contributed by atoms with Crippen LogP contribution in [0.5, 0.6) is 11.5 Å². The van der Waals surface area contributed by atoms with E-state index in [0.717, 1.165) is 25.7 Å². The van der Waals surface area contributed by atoms with E-state index in [4.69, 9.17) is 21.1 Å². The summed E-state index contributed by atoms with van der Waals surface area (Å²) in [6, 6.07) is 3.22. The number of anilines is 1. The molecule has 4 rings (SSSR count). The number of hydrogen-bond acceptors (Lipinski definition) is 5. The number of hydrogen-bond donors (Lipinski definition) is 1. The Balaban J connectivity index is 1.37. The topological polar surface area (TPSA) is 84.9 Å². The molecule has 27 heavy (non-hydrogen) atoms. The van der Waals surface area contributed by atoms with Crippen LogP contribution in [0.25, 0.3) is 0 Å². The predicted octanol–water partition coefficient (Wildman–Crippen LogP) is 2.62. The summed E-state index contributed by atoms with van der Waals surface area (Å²) in [4.78, 5) is 38.5. The number of benzene rings is 1. The first-order valence-electron chi connectivity index (χ1n) is 9.29. The largest absolute Gasteiger partial charge is 0.486 e. The molecule has 144 valence electrons. The standard InChI is InChI=1S/C19H21ClN2O5/c20-13-9-15-16(27-8-7-26-15)10-14(13)21-17(23)5-6-22-18(24)11-3-1-2-4-12(11)19(22)25/h9-12H,1-8H2,(H,21,23)/t11-,12+. The van der Waals surface area contributed by atoms with Crippen molar-refractivity contribution in [3.63, 3.8) is 0 Å². The Morgan fingerprint density at radius 3 is 2.30 bits per heavy atom. The van der Waals surface area contributed by atoms with Crippen LogP contribution in [0.4, 0.5) is 5.69 Å². The van der Waals surface area contributed by atoms with Crippen LogP contribution in [0.2, 0.25) is 5.02 Å². The first-order valence-corrected chi connectivity index (χ1v) is 9.66. The minimum absolute atomic E-state index is 0.0295. The van der Waals surface area contributed by atoms with Gasteiger partial charge in [-0.05, 0) is 12.8 Å². The first kappa shape index (κ1) is 18.1. The van der Waals surface area contributed by atoms with Gasteiger partial charge in [-0.15, -0.1) is 0 Å². The van der Waals surface area contributed by atoms with E-state index in [1.54, 1.807) is 12.1 Å². The van der Waals surface area contributed by atoms with Gasteiger partial charge in [0.15, 0.2) is 11.5 Å². The van der Waals surface area contributed by atoms with Crippen molar-refractivity contribution in [1.82, 2.24) is 4.90 Å². The lowest BCUT2D eigenvalue weighted by Gasteiger charge is -2.20. The third kappa shape index (κ3) is 3.48. The van der Waals surface area contributed by atoms with Crippen molar-refractivity contribution in [2.75, 3.05) is 25.1 Å². The Morgan fingerprint density at radius 2 is 1.67 bits per heavy atom. The number of halogens is 1. The van der Waals surface area contributed by atoms with Gasteiger partial charge in [0.05, 0.1) is 22.5 Å². The Kier molecular flexibility index (Phi) is 4.95. The summed E-state index contributed by atoms with van der Waals surface area (Å²) in [5.41, 5.74) is 0.415. The van der Waals surface area contributed by atoms with Gasteiger partial charge in [-0.3, -0.25) is 19.3 Å². The maximum Gasteiger partial charge on any atom is 0.233 e. The molecule has 0 radical (unpaired) electrons. The van der Waals surface area contributed by atoms with Gasteiger partial charge in [-0.25, -0.2) is 0 Å². The average Bonchev–Trinajstić information content (AvgIpc) is 2.91. The molecule has 1 aromatic carbocycles. The van der Waals surface area contributed by atoms with Gasteiger partial charge < -0.3 is 14.8 Å². The van der Waals surface area contributed by atoms with E-state index in [1.807, 2.05) is 0 Å². The maximum absolute atomic E-state index is 12.5. The third-order valence-electron chi connectivity index (χ3n) is 5.40. The molecule has 1 saturated heterocycles. The fourth-order valence-corrected chi connectivity index (χ4v) is 4.24. The van der Waals surface area contributed by atoms with Crippen LogP contribution in [0, 0.1) is 11.8 Å². The quantitative estimate of drug-likeness (QED) is 0.796. The van der Waals surface area contributed by atoms with Crippen LogP contribution in [-0.4, -0.2) is 42.4 Å². The summed E-state index contributed by atoms with van der Waals surface area (Å²) in [5.74, 6) is 0.104. The van der Waals surface area contributed by atoms with Crippen LogP contribution < -0.4 is 14.8 Å². The van der Waals surface area contributed by atoms with Crippen molar-refractivity contribution in [1.29, 1.82) is 0 Å². The molecular formula is C19H21ClN2O5. The molecule has 7 nitrogen and oxygen atoms in total. The van der Waals surface area contributed by atoms with Crippen molar-refractivity contribution in [3.05, 3.63) is 17.2 Å². The van der Waals surface area contributed by atoms with Crippen LogP contribution in [0.3, 0.4) is 0 Å². The molecule has 2 aliphatic heterocycles. The van der Waals surface area contributed by atoms with Crippen molar-refractivity contribution < 1.29 is 23.9 Å². The molecule has 0 spiro atoms. The summed E-state index contributed by atoms with van der Waals surface area (Å²) in [5, 5.41) is 3.06. The summed E-state index contributed by atoms with van der Waals surface area (Å²) in [6.07, 6.45) is 3.53. The number of nitrogens with zero attached hydrogens (tertiary/aromatic N) is 1. The lowest BCUT2D eigenvalue weighted by molar-refractivity contribution is -0.140. The smallest absolute Gasteiger partial charge is 0.233 e. The van der Waals surface area contributed by atoms with E-state index >= 15 is 0 Å². The number of ether oxygens (including phenoxy) is 2. The van der Waals surface area contributed by atoms with E-state index < -0.39 is 0 Å². The lowest BCUT2D eigenvalue weighted by atomic mass is 9.81. The highest BCUT2D eigenvalue weighted by molar-refractivity contribution is 6.34. The molecule has 8 heteroatoms. The van der Waals surface area contributed by atoms with Crippen molar-refractivity contribution in [3.8, 4) is 11.5 Å². The van der Waals surface area contributed by atoms with Gasteiger partial charge in [0.1, 0.15) is 13.2 Å². The van der Waals surface area contributed by atoms with Gasteiger partial charge in [-0.1, -0.05) is 24.4 Å². The van der Waals surface area contributed by atoms with Gasteiger partial charge in [0, 0.05) is 25.1 Å². The predicted molar refractivity (Wildman–Crippen MR) is 97.9 cm³/mol. The highest BCUT2D eigenvalue weighted by Crippen LogP contribution is 2.39. The number of carbonyl (C=O) groups is 3. The molecule has 1 aliphatic carbocycles. The molecule has 3 aliphatic rings. The fourth-order valence-electron chi connectivity index (χ4n) is 4.04. The number of fused-ring (bicyclic) bond motifs is 2. The normalized spacial score (nSPS) is 24.0. The number of amides is 3. The molecule has 1 aromatic rings. The molecule has 1 saturated carbocycles. The number of imide groups is 1. The van der Waals surface area contributed by atoms with E-state index in [1.165, 1.54) is 4.90 Å². The van der Waals surface area contributed by atoms with E-state index in [2.05, 4.69) is 5.32 Å². The Labute approximate surface area is 161 Å². The van der Waals surface area contributed by atoms with Gasteiger partial charge >= 0.3 is 0 Å². The van der Waals surface area contributed by atoms with Crippen LogP contribution >= 0.6 is 11.6 Å². The van der Waals surface area contributed by atoms with Crippen LogP contribution in [0.15, 0.2) is 12.1 Å². The molecule has 0 aromatic heterocycles. The number of rotatable bonds is 4. The molecule has 1 N–H and O–H groups in total. The lowest BCUT2D eigenvalue weighted by Crippen LogP contribution is -2.34. The molecule has 3 amide bonds. The van der Waals surface area contributed by atoms with Crippen molar-refractivity contribution >= 4 is 35.0 Å². The zero-order chi connectivity index (χ0) is 19.0. The van der Waals surface area contributed by atoms with Gasteiger partial charge in [0.2, 0.25) is 17.7 Å². The molecule has 2 fully saturated rings. The summed E-state index contributed by atoms with van der Waals surface area (Å²) in [7, 11) is 0. The molecular weight excluding hydrogens is 372 g/mol. The second kappa shape index (κ2) is 7.38. The van der Waals surface area contributed by atoms with Gasteiger partial charge in [-0.2, -0.15) is 0 Å². The van der Waals surface area contributed by atoms with Gasteiger partial charge in [0.25, 0.3) is 0 Å². The third-order valence-corrected chi connectivity index (χ3v) is 5.71. The van der Waals surface area contributed by atoms with Crippen LogP contribution in [-0.2, 0) is 14.4 Å². The minimum Gasteiger partial charge on any atom is -0.486 e. The Bertz CT molecular complexity index is 773. The number of carbonyl (C=O) groups excluding carboxylic acids is 3. The Hall–Kier alpha value is -2.28. The minimum atomic E-state index is -0.316. The van der Waals surface area contributed by atoms with E-state index in [9.17, 15) is 14.4 Å². The summed E-state index contributed by atoms with van der Waals surface area (Å²) in [6.45, 7) is 0.983. The van der Waals surface area contributed by atoms with E-state index in [0.29, 0.717) is 35.4 Å². The highest BCUT2D eigenvalue weighted by atomic mass is 35.5.